The van der Waals surface area contributed by atoms with Gasteiger partial charge in [0.25, 0.3) is 0 Å². The van der Waals surface area contributed by atoms with E-state index in [0.29, 0.717) is 0 Å². The van der Waals surface area contributed by atoms with Gasteiger partial charge in [-0.25, -0.2) is 0 Å². The van der Waals surface area contributed by atoms with Crippen molar-refractivity contribution in [2.24, 2.45) is 4.99 Å². The van der Waals surface area contributed by atoms with Crippen LogP contribution in [0.1, 0.15) is 30.0 Å². The van der Waals surface area contributed by atoms with Gasteiger partial charge in [-0.2, -0.15) is 0 Å². The number of allylic oxidation sites excluding steroid dienone is 3. The van der Waals surface area contributed by atoms with Crippen molar-refractivity contribution in [2.45, 2.75) is 13.3 Å². The van der Waals surface area contributed by atoms with Crippen LogP contribution in [0.4, 0.5) is 17.1 Å². The van der Waals surface area contributed by atoms with Crippen molar-refractivity contribution in [3.63, 3.8) is 0 Å². The Kier molecular flexibility index (Phi) is 6.87. The molecule has 57 heavy (non-hydrogen) atoms. The van der Waals surface area contributed by atoms with Crippen molar-refractivity contribution < 1.29 is 4.42 Å². The summed E-state index contributed by atoms with van der Waals surface area (Å²) in [6.45, 7) is 2.21. The van der Waals surface area contributed by atoms with E-state index in [9.17, 15) is 0 Å². The Hall–Kier alpha value is -7.43. The number of aliphatic imine (C=N–C) groups is 1. The number of fused-ring (bicyclic) bond motifs is 10. The Bertz CT molecular complexity index is 3380. The van der Waals surface area contributed by atoms with E-state index in [0.717, 1.165) is 79.2 Å². The van der Waals surface area contributed by atoms with Gasteiger partial charge >= 0.3 is 0 Å². The van der Waals surface area contributed by atoms with Gasteiger partial charge in [0.2, 0.25) is 0 Å². The predicted molar refractivity (Wildman–Crippen MR) is 238 cm³/mol. The van der Waals surface area contributed by atoms with E-state index in [1.54, 1.807) is 0 Å². The van der Waals surface area contributed by atoms with Crippen LogP contribution >= 0.6 is 0 Å². The molecule has 8 aromatic carbocycles. The third-order valence-corrected chi connectivity index (χ3v) is 11.9. The van der Waals surface area contributed by atoms with Crippen LogP contribution in [0, 0.1) is 0 Å². The fourth-order valence-electron chi connectivity index (χ4n) is 9.36. The van der Waals surface area contributed by atoms with Crippen LogP contribution in [-0.4, -0.2) is 10.3 Å². The summed E-state index contributed by atoms with van der Waals surface area (Å²) in [4.78, 5) is 7.84. The molecule has 10 aromatic rings. The highest BCUT2D eigenvalue weighted by molar-refractivity contribution is 6.23. The summed E-state index contributed by atoms with van der Waals surface area (Å²) in [6, 6.07) is 63.0. The van der Waals surface area contributed by atoms with Crippen molar-refractivity contribution in [2.75, 3.05) is 4.90 Å². The molecule has 0 saturated heterocycles. The van der Waals surface area contributed by atoms with Gasteiger partial charge in [-0.05, 0) is 77.0 Å². The van der Waals surface area contributed by atoms with E-state index in [1.807, 2.05) is 0 Å². The minimum absolute atomic E-state index is 0.745. The van der Waals surface area contributed by atoms with Gasteiger partial charge in [-0.15, -0.1) is 0 Å². The zero-order valence-electron chi connectivity index (χ0n) is 31.3. The second-order valence-corrected chi connectivity index (χ2v) is 15.1. The molecule has 2 aliphatic heterocycles. The standard InChI is InChI=1S/C53H35N3O/c1-33-38(34-14-4-2-5-15-34)29-30-44(36-17-6-3-7-18-36)54-50(33)37-27-31-49-43(32-37)42-21-13-25-48(53(42)57-49)55-45-22-10-11-23-46(45)56-51-39-19-9-8-16-35(39)26-28-41(51)40-20-12-24-47(55)52(40)56/h2-29,31-32H,30H2,1H3. The largest absolute Gasteiger partial charge is 0.454 e. The third-order valence-electron chi connectivity index (χ3n) is 11.9. The average molecular weight is 730 g/mol. The number of aromatic nitrogens is 1. The van der Waals surface area contributed by atoms with Crippen molar-refractivity contribution in [1.29, 1.82) is 0 Å². The summed E-state index contributed by atoms with van der Waals surface area (Å²) in [5, 5.41) is 7.12. The van der Waals surface area contributed by atoms with Gasteiger partial charge < -0.3 is 13.9 Å². The highest BCUT2D eigenvalue weighted by Crippen LogP contribution is 2.52. The molecule has 2 aliphatic rings. The van der Waals surface area contributed by atoms with E-state index >= 15 is 0 Å². The van der Waals surface area contributed by atoms with Crippen molar-refractivity contribution in [3.8, 4) is 5.69 Å². The summed E-state index contributed by atoms with van der Waals surface area (Å²) in [5.41, 5.74) is 16.3. The van der Waals surface area contributed by atoms with Crippen LogP contribution in [0.2, 0.25) is 0 Å². The Morgan fingerprint density at radius 1 is 0.491 bits per heavy atom. The number of furan rings is 1. The highest BCUT2D eigenvalue weighted by atomic mass is 16.3. The molecule has 0 radical (unpaired) electrons. The molecule has 0 fully saturated rings. The van der Waals surface area contributed by atoms with Crippen molar-refractivity contribution in [3.05, 3.63) is 204 Å². The Morgan fingerprint density at radius 2 is 1.16 bits per heavy atom. The molecule has 0 bridgehead atoms. The molecule has 268 valence electrons. The molecule has 0 atom stereocenters. The molecule has 4 heterocycles. The van der Waals surface area contributed by atoms with E-state index in [2.05, 4.69) is 198 Å². The molecular formula is C53H35N3O. The maximum Gasteiger partial charge on any atom is 0.159 e. The molecule has 0 unspecified atom stereocenters. The van der Waals surface area contributed by atoms with Crippen LogP contribution in [0.15, 0.2) is 197 Å². The van der Waals surface area contributed by atoms with Crippen LogP contribution in [0.25, 0.3) is 71.5 Å². The average Bonchev–Trinajstić information content (AvgIpc) is 3.76. The molecule has 0 amide bonds. The van der Waals surface area contributed by atoms with E-state index in [4.69, 9.17) is 9.41 Å². The van der Waals surface area contributed by atoms with E-state index < -0.39 is 0 Å². The normalized spacial score (nSPS) is 14.1. The third kappa shape index (κ3) is 4.71. The number of benzene rings is 8. The molecule has 12 rings (SSSR count). The quantitative estimate of drug-likeness (QED) is 0.181. The summed E-state index contributed by atoms with van der Waals surface area (Å²) in [7, 11) is 0. The lowest BCUT2D eigenvalue weighted by Crippen LogP contribution is -2.18. The number of nitrogens with zero attached hydrogens (tertiary/aromatic N) is 3. The number of rotatable bonds is 4. The zero-order valence-corrected chi connectivity index (χ0v) is 31.3. The molecule has 4 nitrogen and oxygen atoms in total. The maximum absolute atomic E-state index is 6.92. The van der Waals surface area contributed by atoms with Gasteiger partial charge in [0.1, 0.15) is 5.58 Å². The van der Waals surface area contributed by atoms with Crippen LogP contribution in [0.5, 0.6) is 0 Å². The Labute approximate surface area is 329 Å². The summed E-state index contributed by atoms with van der Waals surface area (Å²) in [6.07, 6.45) is 3.08. The summed E-state index contributed by atoms with van der Waals surface area (Å²) >= 11 is 0. The first-order valence-electron chi connectivity index (χ1n) is 19.6. The van der Waals surface area contributed by atoms with Gasteiger partial charge in [0, 0.05) is 38.9 Å². The van der Waals surface area contributed by atoms with Gasteiger partial charge in [0.05, 0.1) is 45.2 Å². The minimum atomic E-state index is 0.745. The maximum atomic E-state index is 6.92. The molecular weight excluding hydrogens is 695 g/mol. The number of anilines is 3. The fraction of sp³-hybridized carbons (Fsp3) is 0.0377. The van der Waals surface area contributed by atoms with Crippen molar-refractivity contribution in [1.82, 2.24) is 4.57 Å². The van der Waals surface area contributed by atoms with Crippen LogP contribution in [-0.2, 0) is 0 Å². The van der Waals surface area contributed by atoms with Crippen LogP contribution < -0.4 is 4.90 Å². The first-order chi connectivity index (χ1) is 28.2. The lowest BCUT2D eigenvalue weighted by Gasteiger charge is -2.33. The van der Waals surface area contributed by atoms with Gasteiger partial charge in [-0.3, -0.25) is 4.99 Å². The van der Waals surface area contributed by atoms with Crippen molar-refractivity contribution >= 4 is 88.6 Å². The molecule has 0 N–H and O–H groups in total. The van der Waals surface area contributed by atoms with E-state index in [-0.39, 0.29) is 0 Å². The fourth-order valence-corrected chi connectivity index (χ4v) is 9.36. The lowest BCUT2D eigenvalue weighted by atomic mass is 9.94. The SMILES string of the molecule is CC1=C(c2ccc3oc4c(N5c6ccccc6-n6c7c5cccc7c5ccc7ccccc7c56)cccc4c3c2)N=C(c2ccccc2)CC=C1c1ccccc1. The van der Waals surface area contributed by atoms with Gasteiger partial charge in [0.15, 0.2) is 5.58 Å². The molecule has 2 aromatic heterocycles. The van der Waals surface area contributed by atoms with E-state index in [1.165, 1.54) is 43.7 Å². The van der Waals surface area contributed by atoms with Gasteiger partial charge in [-0.1, -0.05) is 140 Å². The molecule has 4 heteroatoms. The first-order valence-corrected chi connectivity index (χ1v) is 19.6. The molecule has 0 spiro atoms. The highest BCUT2D eigenvalue weighted by Gasteiger charge is 2.31. The zero-order chi connectivity index (χ0) is 37.6. The first kappa shape index (κ1) is 31.9. The molecule has 0 aliphatic carbocycles. The lowest BCUT2D eigenvalue weighted by molar-refractivity contribution is 0.669. The van der Waals surface area contributed by atoms with Crippen LogP contribution in [0.3, 0.4) is 0 Å². The summed E-state index contributed by atoms with van der Waals surface area (Å²) < 4.78 is 9.39. The minimum Gasteiger partial charge on any atom is -0.454 e. The predicted octanol–water partition coefficient (Wildman–Crippen LogP) is 14.3. The topological polar surface area (TPSA) is 33.7 Å². The molecule has 0 saturated carbocycles. The second-order valence-electron chi connectivity index (χ2n) is 15.1. The summed E-state index contributed by atoms with van der Waals surface area (Å²) in [5.74, 6) is 0. The second kappa shape index (κ2) is 12.3. The number of para-hydroxylation sites is 4. The number of hydrogen-bond donors (Lipinski definition) is 0. The Balaban J connectivity index is 1.07. The monoisotopic (exact) mass is 729 g/mol. The Morgan fingerprint density at radius 3 is 2.00 bits per heavy atom. The number of hydrogen-bond acceptors (Lipinski definition) is 3. The smallest absolute Gasteiger partial charge is 0.159 e.